The van der Waals surface area contributed by atoms with E-state index in [2.05, 4.69) is 0 Å². The molecule has 0 atom stereocenters. The first-order valence-corrected chi connectivity index (χ1v) is 5.67. The normalized spacial score (nSPS) is 11.8. The third kappa shape index (κ3) is 5.29. The molecule has 0 fully saturated rings. The van der Waals surface area contributed by atoms with Crippen molar-refractivity contribution in [1.29, 1.82) is 0 Å². The lowest BCUT2D eigenvalue weighted by Crippen LogP contribution is -2.24. The highest BCUT2D eigenvalue weighted by atomic mass is 19.4. The van der Waals surface area contributed by atoms with Crippen molar-refractivity contribution in [1.82, 2.24) is 0 Å². The van der Waals surface area contributed by atoms with Crippen molar-refractivity contribution in [2.24, 2.45) is 0 Å². The van der Waals surface area contributed by atoms with Crippen molar-refractivity contribution >= 4 is 17.7 Å². The van der Waals surface area contributed by atoms with Crippen molar-refractivity contribution in [3.05, 3.63) is 35.7 Å². The summed E-state index contributed by atoms with van der Waals surface area (Å²) in [5, 5.41) is 8.54. The van der Waals surface area contributed by atoms with Crippen LogP contribution in [0.4, 0.5) is 23.2 Å². The molecule has 1 rings (SSSR count). The van der Waals surface area contributed by atoms with Crippen LogP contribution >= 0.6 is 0 Å². The first-order chi connectivity index (χ1) is 9.19. The van der Waals surface area contributed by atoms with E-state index in [4.69, 9.17) is 5.11 Å². The zero-order chi connectivity index (χ0) is 15.3. The Bertz CT molecular complexity index is 512. The van der Waals surface area contributed by atoms with Gasteiger partial charge in [0.05, 0.1) is 6.42 Å². The van der Waals surface area contributed by atoms with Crippen LogP contribution in [0.1, 0.15) is 12.0 Å². The predicted molar refractivity (Wildman–Crippen MR) is 67.0 cm³/mol. The average molecular weight is 291 g/mol. The third-order valence-corrected chi connectivity index (χ3v) is 2.54. The summed E-state index contributed by atoms with van der Waals surface area (Å²) >= 11 is 0. The quantitative estimate of drug-likeness (QED) is 0.668. The molecule has 1 aromatic carbocycles. The lowest BCUT2D eigenvalue weighted by molar-refractivity contribution is -0.132. The monoisotopic (exact) mass is 291 g/mol. The minimum Gasteiger partial charge on any atom is -0.478 e. The van der Waals surface area contributed by atoms with Crippen LogP contribution in [-0.4, -0.2) is 30.8 Å². The number of carbonyl (C=O) groups is 1. The zero-order valence-electron chi connectivity index (χ0n) is 10.6. The molecule has 1 N–H and O–H groups in total. The number of alkyl halides is 3. The van der Waals surface area contributed by atoms with Gasteiger partial charge in [0.15, 0.2) is 0 Å². The number of hydrogen-bond acceptors (Lipinski definition) is 2. The fraction of sp³-hybridized carbons (Fsp3) is 0.308. The second kappa shape index (κ2) is 6.40. The number of nitrogens with zero attached hydrogens (tertiary/aromatic N) is 1. The van der Waals surface area contributed by atoms with Crippen LogP contribution in [0.3, 0.4) is 0 Å². The molecule has 0 saturated carbocycles. The summed E-state index contributed by atoms with van der Waals surface area (Å²) in [6.07, 6.45) is -3.35. The van der Waals surface area contributed by atoms with E-state index in [1.165, 1.54) is 18.0 Å². The molecular formula is C13H13F4NO2. The maximum absolute atomic E-state index is 13.1. The van der Waals surface area contributed by atoms with Gasteiger partial charge in [0.25, 0.3) is 0 Å². The highest BCUT2D eigenvalue weighted by Gasteiger charge is 2.27. The molecule has 0 spiro atoms. The molecule has 3 nitrogen and oxygen atoms in total. The van der Waals surface area contributed by atoms with Crippen LogP contribution < -0.4 is 4.90 Å². The number of halogens is 4. The van der Waals surface area contributed by atoms with Crippen molar-refractivity contribution in [3.8, 4) is 0 Å². The van der Waals surface area contributed by atoms with Gasteiger partial charge in [0, 0.05) is 30.9 Å². The molecular weight excluding hydrogens is 278 g/mol. The van der Waals surface area contributed by atoms with Gasteiger partial charge < -0.3 is 10.0 Å². The van der Waals surface area contributed by atoms with E-state index in [9.17, 15) is 22.4 Å². The lowest BCUT2D eigenvalue weighted by Gasteiger charge is -2.22. The summed E-state index contributed by atoms with van der Waals surface area (Å²) in [5.41, 5.74) is 0.533. The SMILES string of the molecule is CN(CCC(F)(F)F)c1ccc(F)cc1C=CC(=O)O. The topological polar surface area (TPSA) is 40.5 Å². The fourth-order valence-electron chi connectivity index (χ4n) is 1.58. The highest BCUT2D eigenvalue weighted by Crippen LogP contribution is 2.25. The van der Waals surface area contributed by atoms with Crippen LogP contribution in [0.25, 0.3) is 6.08 Å². The van der Waals surface area contributed by atoms with E-state index in [1.807, 2.05) is 0 Å². The summed E-state index contributed by atoms with van der Waals surface area (Å²) in [4.78, 5) is 11.8. The molecule has 20 heavy (non-hydrogen) atoms. The second-order valence-corrected chi connectivity index (χ2v) is 4.16. The number of carboxylic acids is 1. The summed E-state index contributed by atoms with van der Waals surface area (Å²) < 4.78 is 49.6. The van der Waals surface area contributed by atoms with Crippen LogP contribution in [0.15, 0.2) is 24.3 Å². The molecule has 0 aliphatic carbocycles. The van der Waals surface area contributed by atoms with E-state index in [-0.39, 0.29) is 12.1 Å². The molecule has 0 aromatic heterocycles. The minimum absolute atomic E-state index is 0.206. The van der Waals surface area contributed by atoms with E-state index in [0.29, 0.717) is 5.69 Å². The highest BCUT2D eigenvalue weighted by molar-refractivity contribution is 5.87. The van der Waals surface area contributed by atoms with Gasteiger partial charge in [-0.1, -0.05) is 0 Å². The molecule has 1 aromatic rings. The Hall–Kier alpha value is -2.05. The minimum atomic E-state index is -4.29. The first-order valence-electron chi connectivity index (χ1n) is 5.67. The molecule has 0 heterocycles. The number of benzene rings is 1. The number of aliphatic carboxylic acids is 1. The summed E-state index contributed by atoms with van der Waals surface area (Å²) in [5.74, 6) is -1.82. The van der Waals surface area contributed by atoms with Gasteiger partial charge >= 0.3 is 12.1 Å². The zero-order valence-corrected chi connectivity index (χ0v) is 10.6. The van der Waals surface area contributed by atoms with Gasteiger partial charge in [-0.15, -0.1) is 0 Å². The van der Waals surface area contributed by atoms with Gasteiger partial charge in [0.1, 0.15) is 5.82 Å². The molecule has 0 radical (unpaired) electrons. The van der Waals surface area contributed by atoms with Crippen LogP contribution in [-0.2, 0) is 4.79 Å². The van der Waals surface area contributed by atoms with E-state index >= 15 is 0 Å². The van der Waals surface area contributed by atoms with Gasteiger partial charge in [-0.2, -0.15) is 13.2 Å². The summed E-state index contributed by atoms with van der Waals surface area (Å²) in [7, 11) is 1.43. The number of hydrogen-bond donors (Lipinski definition) is 1. The first kappa shape index (κ1) is 16.0. The Morgan fingerprint density at radius 3 is 2.60 bits per heavy atom. The summed E-state index contributed by atoms with van der Waals surface area (Å²) in [6.45, 7) is -0.303. The van der Waals surface area contributed by atoms with E-state index in [1.54, 1.807) is 0 Å². The van der Waals surface area contributed by atoms with Gasteiger partial charge in [-0.05, 0) is 24.3 Å². The molecule has 0 aliphatic rings. The molecule has 0 bridgehead atoms. The van der Waals surface area contributed by atoms with Crippen LogP contribution in [0, 0.1) is 5.82 Å². The van der Waals surface area contributed by atoms with Gasteiger partial charge in [-0.3, -0.25) is 0 Å². The van der Waals surface area contributed by atoms with E-state index in [0.717, 1.165) is 24.3 Å². The molecule has 110 valence electrons. The Balaban J connectivity index is 2.95. The smallest absolute Gasteiger partial charge is 0.390 e. The maximum atomic E-state index is 13.1. The van der Waals surface area contributed by atoms with Crippen LogP contribution in [0.2, 0.25) is 0 Å². The maximum Gasteiger partial charge on any atom is 0.390 e. The molecule has 0 unspecified atom stereocenters. The van der Waals surface area contributed by atoms with Gasteiger partial charge in [-0.25, -0.2) is 9.18 Å². The van der Waals surface area contributed by atoms with E-state index < -0.39 is 24.4 Å². The number of rotatable bonds is 5. The molecule has 0 aliphatic heterocycles. The van der Waals surface area contributed by atoms with Crippen molar-refractivity contribution in [3.63, 3.8) is 0 Å². The van der Waals surface area contributed by atoms with Crippen molar-refractivity contribution in [2.45, 2.75) is 12.6 Å². The molecule has 7 heteroatoms. The second-order valence-electron chi connectivity index (χ2n) is 4.16. The predicted octanol–water partition coefficient (Wildman–Crippen LogP) is 3.31. The Morgan fingerprint density at radius 1 is 1.40 bits per heavy atom. The third-order valence-electron chi connectivity index (χ3n) is 2.54. The van der Waals surface area contributed by atoms with Crippen LogP contribution in [0.5, 0.6) is 0 Å². The van der Waals surface area contributed by atoms with Gasteiger partial charge in [0.2, 0.25) is 0 Å². The van der Waals surface area contributed by atoms with Crippen molar-refractivity contribution in [2.75, 3.05) is 18.5 Å². The number of carboxylic acid groups (broad SMARTS) is 1. The Morgan fingerprint density at radius 2 is 2.05 bits per heavy atom. The average Bonchev–Trinajstić information content (AvgIpc) is 2.32. The van der Waals surface area contributed by atoms with Crippen molar-refractivity contribution < 1.29 is 27.5 Å². The number of anilines is 1. The standard InChI is InChI=1S/C13H13F4NO2/c1-18(7-6-13(15,16)17)11-4-3-10(14)8-9(11)2-5-12(19)20/h2-5,8H,6-7H2,1H3,(H,19,20). The Labute approximate surface area is 113 Å². The molecule has 0 saturated heterocycles. The fourth-order valence-corrected chi connectivity index (χ4v) is 1.58. The largest absolute Gasteiger partial charge is 0.478 e. The summed E-state index contributed by atoms with van der Waals surface area (Å²) in [6, 6.07) is 3.49. The molecule has 0 amide bonds. The Kier molecular flexibility index (Phi) is 5.12. The lowest BCUT2D eigenvalue weighted by atomic mass is 10.1.